The summed E-state index contributed by atoms with van der Waals surface area (Å²) in [5.41, 5.74) is 9.01. The quantitative estimate of drug-likeness (QED) is 0.542. The molecule has 0 bridgehead atoms. The van der Waals surface area contributed by atoms with Crippen LogP contribution in [0.4, 0.5) is 5.82 Å². The number of nitriles is 1. The van der Waals surface area contributed by atoms with Gasteiger partial charge in [-0.2, -0.15) is 5.26 Å². The van der Waals surface area contributed by atoms with Gasteiger partial charge in [0, 0.05) is 23.9 Å². The zero-order chi connectivity index (χ0) is 19.8. The third-order valence-electron chi connectivity index (χ3n) is 5.43. The van der Waals surface area contributed by atoms with E-state index < -0.39 is 0 Å². The minimum absolute atomic E-state index is 0.434. The molecular formula is C23H19N5O. The molecule has 1 fully saturated rings. The lowest BCUT2D eigenvalue weighted by molar-refractivity contribution is 0.400. The standard InChI is InChI=1S/C23H19N5O/c24-14-17-13-16(9-10-19(17)29-18-7-2-1-3-8-18)20-21-22(25)26-11-12-28(21)23(27-20)15-5-4-6-15/h1-3,7-13,15H,4-6H2,(H2,25,26). The number of rotatable bonds is 4. The van der Waals surface area contributed by atoms with Gasteiger partial charge in [0.1, 0.15) is 40.4 Å². The average Bonchev–Trinajstić information content (AvgIpc) is 3.08. The van der Waals surface area contributed by atoms with Crippen molar-refractivity contribution < 1.29 is 4.74 Å². The first-order valence-corrected chi connectivity index (χ1v) is 9.64. The second-order valence-corrected chi connectivity index (χ2v) is 7.22. The predicted molar refractivity (Wildman–Crippen MR) is 111 cm³/mol. The van der Waals surface area contributed by atoms with Gasteiger partial charge in [-0.25, -0.2) is 9.97 Å². The Bertz CT molecular complexity index is 1240. The first-order valence-electron chi connectivity index (χ1n) is 9.64. The highest BCUT2D eigenvalue weighted by molar-refractivity contribution is 5.86. The van der Waals surface area contributed by atoms with Crippen LogP contribution in [0.1, 0.15) is 36.6 Å². The van der Waals surface area contributed by atoms with Crippen molar-refractivity contribution in [2.75, 3.05) is 5.73 Å². The Hall–Kier alpha value is -3.85. The molecule has 2 aromatic carbocycles. The molecule has 2 N–H and O–H groups in total. The van der Waals surface area contributed by atoms with Crippen molar-refractivity contribution in [3.05, 3.63) is 72.3 Å². The number of nitrogen functional groups attached to an aromatic ring is 1. The molecule has 1 aliphatic rings. The molecule has 5 rings (SSSR count). The van der Waals surface area contributed by atoms with Crippen LogP contribution >= 0.6 is 0 Å². The van der Waals surface area contributed by atoms with Crippen molar-refractivity contribution in [3.8, 4) is 28.8 Å². The van der Waals surface area contributed by atoms with Crippen molar-refractivity contribution in [1.29, 1.82) is 5.26 Å². The number of hydrogen-bond donors (Lipinski definition) is 1. The molecule has 0 atom stereocenters. The fraction of sp³-hybridized carbons (Fsp3) is 0.174. The second kappa shape index (κ2) is 6.95. The van der Waals surface area contributed by atoms with E-state index in [0.29, 0.717) is 28.8 Å². The largest absolute Gasteiger partial charge is 0.456 e. The number of hydrogen-bond acceptors (Lipinski definition) is 5. The van der Waals surface area contributed by atoms with Crippen molar-refractivity contribution >= 4 is 11.3 Å². The molecular weight excluding hydrogens is 362 g/mol. The first-order chi connectivity index (χ1) is 14.2. The lowest BCUT2D eigenvalue weighted by atomic mass is 9.85. The highest BCUT2D eigenvalue weighted by Crippen LogP contribution is 2.39. The summed E-state index contributed by atoms with van der Waals surface area (Å²) in [7, 11) is 0. The van der Waals surface area contributed by atoms with Crippen LogP contribution in [0, 0.1) is 11.3 Å². The van der Waals surface area contributed by atoms with Gasteiger partial charge in [0.05, 0.1) is 5.56 Å². The summed E-state index contributed by atoms with van der Waals surface area (Å²) < 4.78 is 7.93. The van der Waals surface area contributed by atoms with Crippen molar-refractivity contribution in [1.82, 2.24) is 14.4 Å². The van der Waals surface area contributed by atoms with Crippen LogP contribution < -0.4 is 10.5 Å². The Kier molecular flexibility index (Phi) is 4.14. The number of nitrogens with two attached hydrogens (primary N) is 1. The molecule has 6 nitrogen and oxygen atoms in total. The van der Waals surface area contributed by atoms with Gasteiger partial charge in [-0.1, -0.05) is 24.6 Å². The number of nitrogens with zero attached hydrogens (tertiary/aromatic N) is 4. The topological polar surface area (TPSA) is 89.2 Å². The number of imidazole rings is 1. The maximum Gasteiger partial charge on any atom is 0.150 e. The van der Waals surface area contributed by atoms with E-state index in [0.717, 1.165) is 35.4 Å². The molecule has 29 heavy (non-hydrogen) atoms. The van der Waals surface area contributed by atoms with Crippen LogP contribution in [-0.2, 0) is 0 Å². The smallest absolute Gasteiger partial charge is 0.150 e. The van der Waals surface area contributed by atoms with E-state index in [2.05, 4.69) is 11.1 Å². The van der Waals surface area contributed by atoms with Gasteiger partial charge in [0.25, 0.3) is 0 Å². The van der Waals surface area contributed by atoms with Crippen LogP contribution in [0.15, 0.2) is 60.9 Å². The van der Waals surface area contributed by atoms with Crippen molar-refractivity contribution in [3.63, 3.8) is 0 Å². The van der Waals surface area contributed by atoms with E-state index in [4.69, 9.17) is 15.5 Å². The van der Waals surface area contributed by atoms with Crippen LogP contribution in [0.5, 0.6) is 11.5 Å². The Balaban J connectivity index is 1.61. The molecule has 0 spiro atoms. The molecule has 1 saturated carbocycles. The summed E-state index contributed by atoms with van der Waals surface area (Å²) in [4.78, 5) is 9.18. The summed E-state index contributed by atoms with van der Waals surface area (Å²) in [5.74, 6) is 3.08. The van der Waals surface area contributed by atoms with Crippen LogP contribution in [0.3, 0.4) is 0 Å². The molecule has 0 amide bonds. The highest BCUT2D eigenvalue weighted by atomic mass is 16.5. The summed E-state index contributed by atoms with van der Waals surface area (Å²) in [5, 5.41) is 9.68. The van der Waals surface area contributed by atoms with E-state index >= 15 is 0 Å². The number of benzene rings is 2. The Morgan fingerprint density at radius 1 is 1.14 bits per heavy atom. The third-order valence-corrected chi connectivity index (χ3v) is 5.43. The monoisotopic (exact) mass is 381 g/mol. The number of ether oxygens (including phenoxy) is 1. The van der Waals surface area contributed by atoms with Crippen molar-refractivity contribution in [2.45, 2.75) is 25.2 Å². The third kappa shape index (κ3) is 2.97. The molecule has 6 heteroatoms. The summed E-state index contributed by atoms with van der Waals surface area (Å²) in [6, 6.07) is 17.2. The van der Waals surface area contributed by atoms with Gasteiger partial charge < -0.3 is 10.5 Å². The van der Waals surface area contributed by atoms with Gasteiger partial charge in [0.2, 0.25) is 0 Å². The summed E-state index contributed by atoms with van der Waals surface area (Å²) in [6.45, 7) is 0. The lowest BCUT2D eigenvalue weighted by Gasteiger charge is -2.23. The predicted octanol–water partition coefficient (Wildman–Crippen LogP) is 4.91. The second-order valence-electron chi connectivity index (χ2n) is 7.22. The molecule has 2 aromatic heterocycles. The maximum absolute atomic E-state index is 9.68. The summed E-state index contributed by atoms with van der Waals surface area (Å²) >= 11 is 0. The van der Waals surface area contributed by atoms with Gasteiger partial charge in [-0.15, -0.1) is 0 Å². The molecule has 0 radical (unpaired) electrons. The van der Waals surface area contributed by atoms with Crippen LogP contribution in [0.2, 0.25) is 0 Å². The molecule has 4 aromatic rings. The Morgan fingerprint density at radius 3 is 2.69 bits per heavy atom. The Labute approximate surface area is 168 Å². The molecule has 1 aliphatic carbocycles. The SMILES string of the molecule is N#Cc1cc(-c2nc(C3CCC3)n3ccnc(N)c23)ccc1Oc1ccccc1. The van der Waals surface area contributed by atoms with Crippen LogP contribution in [0.25, 0.3) is 16.8 Å². The van der Waals surface area contributed by atoms with E-state index in [1.807, 2.05) is 53.1 Å². The Morgan fingerprint density at radius 2 is 1.97 bits per heavy atom. The van der Waals surface area contributed by atoms with E-state index in [1.54, 1.807) is 12.3 Å². The number of anilines is 1. The fourth-order valence-corrected chi connectivity index (χ4v) is 3.71. The number of aromatic nitrogens is 3. The highest BCUT2D eigenvalue weighted by Gasteiger charge is 2.27. The lowest BCUT2D eigenvalue weighted by Crippen LogP contribution is -2.12. The zero-order valence-corrected chi connectivity index (χ0v) is 15.7. The minimum atomic E-state index is 0.434. The fourth-order valence-electron chi connectivity index (χ4n) is 3.71. The van der Waals surface area contributed by atoms with Crippen LogP contribution in [-0.4, -0.2) is 14.4 Å². The van der Waals surface area contributed by atoms with Gasteiger partial charge in [-0.05, 0) is 43.2 Å². The first kappa shape index (κ1) is 17.3. The normalized spacial score (nSPS) is 13.8. The molecule has 0 saturated heterocycles. The molecule has 0 aliphatic heterocycles. The molecule has 2 heterocycles. The van der Waals surface area contributed by atoms with E-state index in [9.17, 15) is 5.26 Å². The van der Waals surface area contributed by atoms with Crippen molar-refractivity contribution in [2.24, 2.45) is 0 Å². The molecule has 142 valence electrons. The molecule has 0 unspecified atom stereocenters. The number of fused-ring (bicyclic) bond motifs is 1. The zero-order valence-electron chi connectivity index (χ0n) is 15.7. The van der Waals surface area contributed by atoms with E-state index in [-0.39, 0.29) is 0 Å². The van der Waals surface area contributed by atoms with Gasteiger partial charge in [0.15, 0.2) is 0 Å². The minimum Gasteiger partial charge on any atom is -0.456 e. The average molecular weight is 381 g/mol. The number of para-hydroxylation sites is 1. The maximum atomic E-state index is 9.68. The van der Waals surface area contributed by atoms with Gasteiger partial charge >= 0.3 is 0 Å². The van der Waals surface area contributed by atoms with Gasteiger partial charge in [-0.3, -0.25) is 4.40 Å². The summed E-state index contributed by atoms with van der Waals surface area (Å²) in [6.07, 6.45) is 7.10. The van der Waals surface area contributed by atoms with E-state index in [1.165, 1.54) is 6.42 Å².